The first kappa shape index (κ1) is 20.5. The van der Waals surface area contributed by atoms with Crippen LogP contribution in [0.4, 0.5) is 10.8 Å². The number of carbonyl (C=O) groups excluding carboxylic acids is 1. The molecule has 2 heterocycles. The fourth-order valence-corrected chi connectivity index (χ4v) is 4.38. The van der Waals surface area contributed by atoms with E-state index in [2.05, 4.69) is 15.5 Å². The molecule has 1 aromatic heterocycles. The first-order valence-corrected chi connectivity index (χ1v) is 11.0. The first-order chi connectivity index (χ1) is 14.8. The van der Waals surface area contributed by atoms with Crippen LogP contribution in [0.5, 0.6) is 0 Å². The minimum atomic E-state index is 0.0235. The average Bonchev–Trinajstić information content (AvgIpc) is 3.17. The summed E-state index contributed by atoms with van der Waals surface area (Å²) in [6.07, 6.45) is 0.321. The molecule has 2 N–H and O–H groups in total. The van der Waals surface area contributed by atoms with E-state index in [1.807, 2.05) is 60.7 Å². The van der Waals surface area contributed by atoms with Crippen molar-refractivity contribution >= 4 is 28.1 Å². The number of para-hydroxylation sites is 1. The molecule has 0 radical (unpaired) electrons. The number of nitrogens with one attached hydrogen (secondary N) is 2. The van der Waals surface area contributed by atoms with Crippen molar-refractivity contribution in [2.24, 2.45) is 0 Å². The Balaban J connectivity index is 1.43. The molecule has 2 aromatic carbocycles. The van der Waals surface area contributed by atoms with Gasteiger partial charge in [0.1, 0.15) is 0 Å². The SMILES string of the molecule is O=C(Cc1sc(Nc2ccccc2)nc1-c1ccccc1)NCCN1CCOCC1. The van der Waals surface area contributed by atoms with Gasteiger partial charge < -0.3 is 15.4 Å². The molecule has 1 aliphatic rings. The van der Waals surface area contributed by atoms with Crippen molar-refractivity contribution in [3.63, 3.8) is 0 Å². The van der Waals surface area contributed by atoms with Crippen LogP contribution in [-0.2, 0) is 16.0 Å². The summed E-state index contributed by atoms with van der Waals surface area (Å²) in [4.78, 5) is 20.7. The third kappa shape index (κ3) is 5.66. The lowest BCUT2D eigenvalue weighted by molar-refractivity contribution is -0.120. The van der Waals surface area contributed by atoms with Crippen LogP contribution in [0.25, 0.3) is 11.3 Å². The zero-order chi connectivity index (χ0) is 20.6. The fourth-order valence-electron chi connectivity index (χ4n) is 3.38. The molecule has 30 heavy (non-hydrogen) atoms. The molecule has 0 aliphatic carbocycles. The molecule has 1 saturated heterocycles. The van der Waals surface area contributed by atoms with Gasteiger partial charge in [0.05, 0.1) is 25.3 Å². The number of carbonyl (C=O) groups is 1. The summed E-state index contributed by atoms with van der Waals surface area (Å²) in [5.41, 5.74) is 2.86. The van der Waals surface area contributed by atoms with Gasteiger partial charge in [-0.1, -0.05) is 48.5 Å². The van der Waals surface area contributed by atoms with Crippen molar-refractivity contribution in [1.82, 2.24) is 15.2 Å². The molecule has 1 amide bonds. The molecule has 156 valence electrons. The van der Waals surface area contributed by atoms with Crippen LogP contribution in [0, 0.1) is 0 Å². The lowest BCUT2D eigenvalue weighted by Gasteiger charge is -2.26. The van der Waals surface area contributed by atoms with Gasteiger partial charge >= 0.3 is 0 Å². The summed E-state index contributed by atoms with van der Waals surface area (Å²) >= 11 is 1.53. The van der Waals surface area contributed by atoms with Crippen LogP contribution in [-0.4, -0.2) is 55.2 Å². The van der Waals surface area contributed by atoms with Crippen molar-refractivity contribution in [3.8, 4) is 11.3 Å². The van der Waals surface area contributed by atoms with Crippen molar-refractivity contribution in [2.45, 2.75) is 6.42 Å². The van der Waals surface area contributed by atoms with E-state index < -0.39 is 0 Å². The van der Waals surface area contributed by atoms with Gasteiger partial charge in [0, 0.05) is 42.3 Å². The number of benzene rings is 2. The van der Waals surface area contributed by atoms with E-state index in [1.54, 1.807) is 0 Å². The van der Waals surface area contributed by atoms with Gasteiger partial charge in [-0.2, -0.15) is 0 Å². The molecule has 7 heteroatoms. The number of thiazole rings is 1. The maximum Gasteiger partial charge on any atom is 0.225 e. The Morgan fingerprint density at radius 2 is 1.73 bits per heavy atom. The normalized spacial score (nSPS) is 14.4. The summed E-state index contributed by atoms with van der Waals surface area (Å²) in [5, 5.41) is 7.19. The number of hydrogen-bond donors (Lipinski definition) is 2. The molecule has 4 rings (SSSR count). The third-order valence-corrected chi connectivity index (χ3v) is 5.92. The molecule has 0 atom stereocenters. The Kier molecular flexibility index (Phi) is 7.07. The smallest absolute Gasteiger partial charge is 0.225 e. The molecule has 1 aliphatic heterocycles. The minimum absolute atomic E-state index is 0.0235. The summed E-state index contributed by atoms with van der Waals surface area (Å²) in [5.74, 6) is 0.0235. The fraction of sp³-hybridized carbons (Fsp3) is 0.304. The van der Waals surface area contributed by atoms with Crippen molar-refractivity contribution in [3.05, 3.63) is 65.5 Å². The molecule has 0 bridgehead atoms. The van der Waals surface area contributed by atoms with Gasteiger partial charge in [-0.3, -0.25) is 9.69 Å². The van der Waals surface area contributed by atoms with Crippen LogP contribution in [0.3, 0.4) is 0 Å². The highest BCUT2D eigenvalue weighted by molar-refractivity contribution is 7.16. The molecule has 0 saturated carbocycles. The highest BCUT2D eigenvalue weighted by atomic mass is 32.1. The summed E-state index contributed by atoms with van der Waals surface area (Å²) in [6.45, 7) is 4.89. The minimum Gasteiger partial charge on any atom is -0.379 e. The summed E-state index contributed by atoms with van der Waals surface area (Å²) in [7, 11) is 0. The van der Waals surface area contributed by atoms with Crippen LogP contribution in [0.2, 0.25) is 0 Å². The van der Waals surface area contributed by atoms with Gasteiger partial charge in [-0.05, 0) is 12.1 Å². The van der Waals surface area contributed by atoms with Crippen LogP contribution in [0.15, 0.2) is 60.7 Å². The van der Waals surface area contributed by atoms with Crippen LogP contribution in [0.1, 0.15) is 4.88 Å². The number of hydrogen-bond acceptors (Lipinski definition) is 6. The Morgan fingerprint density at radius 1 is 1.03 bits per heavy atom. The van der Waals surface area contributed by atoms with E-state index in [1.165, 1.54) is 11.3 Å². The summed E-state index contributed by atoms with van der Waals surface area (Å²) in [6, 6.07) is 20.0. The second kappa shape index (κ2) is 10.3. The van der Waals surface area contributed by atoms with Gasteiger partial charge in [0.2, 0.25) is 5.91 Å². The van der Waals surface area contributed by atoms with E-state index in [9.17, 15) is 4.79 Å². The maximum absolute atomic E-state index is 12.6. The number of nitrogens with zero attached hydrogens (tertiary/aromatic N) is 2. The lowest BCUT2D eigenvalue weighted by Crippen LogP contribution is -2.41. The molecule has 0 unspecified atom stereocenters. The monoisotopic (exact) mass is 422 g/mol. The maximum atomic E-state index is 12.6. The predicted octanol–water partition coefficient (Wildman–Crippen LogP) is 3.54. The van der Waals surface area contributed by atoms with E-state index in [4.69, 9.17) is 9.72 Å². The second-order valence-corrected chi connectivity index (χ2v) is 8.21. The standard InChI is InChI=1S/C23H26N4O2S/c28-21(24-11-12-27-13-15-29-16-14-27)17-20-22(18-7-3-1-4-8-18)26-23(30-20)25-19-9-5-2-6-10-19/h1-10H,11-17H2,(H,24,28)(H,25,26). The summed E-state index contributed by atoms with van der Waals surface area (Å²) < 4.78 is 5.37. The molecule has 6 nitrogen and oxygen atoms in total. The quantitative estimate of drug-likeness (QED) is 0.581. The van der Waals surface area contributed by atoms with Gasteiger partial charge in [0.25, 0.3) is 0 Å². The lowest BCUT2D eigenvalue weighted by atomic mass is 10.1. The zero-order valence-corrected chi connectivity index (χ0v) is 17.7. The van der Waals surface area contributed by atoms with Crippen LogP contribution >= 0.6 is 11.3 Å². The van der Waals surface area contributed by atoms with Gasteiger partial charge in [-0.25, -0.2) is 4.98 Å². The van der Waals surface area contributed by atoms with Crippen LogP contribution < -0.4 is 10.6 Å². The van der Waals surface area contributed by atoms with Gasteiger partial charge in [0.15, 0.2) is 5.13 Å². The molecule has 3 aromatic rings. The largest absolute Gasteiger partial charge is 0.379 e. The predicted molar refractivity (Wildman–Crippen MR) is 121 cm³/mol. The number of rotatable bonds is 8. The first-order valence-electron chi connectivity index (χ1n) is 10.2. The Morgan fingerprint density at radius 3 is 2.47 bits per heavy atom. The van der Waals surface area contributed by atoms with E-state index in [0.717, 1.165) is 59.8 Å². The Labute approximate surface area is 180 Å². The number of anilines is 2. The molecular formula is C23H26N4O2S. The van der Waals surface area contributed by atoms with E-state index in [0.29, 0.717) is 13.0 Å². The van der Waals surface area contributed by atoms with Crippen molar-refractivity contribution < 1.29 is 9.53 Å². The number of aromatic nitrogens is 1. The zero-order valence-electron chi connectivity index (χ0n) is 16.8. The highest BCUT2D eigenvalue weighted by Gasteiger charge is 2.17. The molecule has 0 spiro atoms. The molecule has 1 fully saturated rings. The average molecular weight is 423 g/mol. The third-order valence-electron chi connectivity index (χ3n) is 4.94. The Bertz CT molecular complexity index is 940. The van der Waals surface area contributed by atoms with Crippen molar-refractivity contribution in [2.75, 3.05) is 44.7 Å². The number of amides is 1. The van der Waals surface area contributed by atoms with E-state index in [-0.39, 0.29) is 5.91 Å². The van der Waals surface area contributed by atoms with E-state index >= 15 is 0 Å². The van der Waals surface area contributed by atoms with Gasteiger partial charge in [-0.15, -0.1) is 11.3 Å². The van der Waals surface area contributed by atoms with Crippen molar-refractivity contribution in [1.29, 1.82) is 0 Å². The molecular weight excluding hydrogens is 396 g/mol. The Hall–Kier alpha value is -2.74. The highest BCUT2D eigenvalue weighted by Crippen LogP contribution is 2.33. The number of ether oxygens (including phenoxy) is 1. The topological polar surface area (TPSA) is 66.5 Å². The second-order valence-electron chi connectivity index (χ2n) is 7.13. The number of morpholine rings is 1.